The molecular weight excluding hydrogens is 256 g/mol. The molecule has 0 bridgehead atoms. The van der Waals surface area contributed by atoms with Crippen LogP contribution in [0.25, 0.3) is 0 Å². The minimum atomic E-state index is -0.212. The molecule has 7 heteroatoms. The van der Waals surface area contributed by atoms with E-state index in [0.29, 0.717) is 28.7 Å². The Labute approximate surface area is 108 Å². The Morgan fingerprint density at radius 1 is 1.28 bits per heavy atom. The molecule has 0 unspecified atom stereocenters. The van der Waals surface area contributed by atoms with Crippen LogP contribution in [-0.4, -0.2) is 27.0 Å². The Morgan fingerprint density at radius 3 is 2.61 bits per heavy atom. The fourth-order valence-electron chi connectivity index (χ4n) is 1.39. The minimum absolute atomic E-state index is 0.212. The highest BCUT2D eigenvalue weighted by Crippen LogP contribution is 2.05. The van der Waals surface area contributed by atoms with Crippen LogP contribution in [0, 0.1) is 0 Å². The molecular formula is C11H11ClN4O2. The van der Waals surface area contributed by atoms with E-state index in [2.05, 4.69) is 19.9 Å². The Morgan fingerprint density at radius 2 is 2.00 bits per heavy atom. The van der Waals surface area contributed by atoms with Gasteiger partial charge in [-0.25, -0.2) is 15.0 Å². The van der Waals surface area contributed by atoms with E-state index >= 15 is 0 Å². The van der Waals surface area contributed by atoms with Crippen molar-refractivity contribution in [1.29, 1.82) is 0 Å². The third kappa shape index (κ3) is 3.12. The number of halogens is 1. The predicted molar refractivity (Wildman–Crippen MR) is 65.4 cm³/mol. The number of aromatic nitrogens is 4. The van der Waals surface area contributed by atoms with Gasteiger partial charge in [0, 0.05) is 37.7 Å². The second-order valence-corrected chi connectivity index (χ2v) is 4.05. The minimum Gasteiger partial charge on any atom is -0.377 e. The van der Waals surface area contributed by atoms with E-state index in [0.717, 1.165) is 0 Å². The van der Waals surface area contributed by atoms with Crippen molar-refractivity contribution in [1.82, 2.24) is 19.9 Å². The number of ether oxygens (including phenoxy) is 1. The maximum Gasteiger partial charge on any atom is 0.254 e. The van der Waals surface area contributed by atoms with Gasteiger partial charge in [-0.05, 0) is 0 Å². The number of hydrogen-bond donors (Lipinski definition) is 1. The van der Waals surface area contributed by atoms with Crippen molar-refractivity contribution in [3.63, 3.8) is 0 Å². The molecule has 0 spiro atoms. The molecule has 0 fully saturated rings. The number of H-pyrrole nitrogens is 1. The Bertz CT molecular complexity index is 582. The number of nitrogens with one attached hydrogen (secondary N) is 1. The van der Waals surface area contributed by atoms with Gasteiger partial charge in [-0.3, -0.25) is 4.79 Å². The summed E-state index contributed by atoms with van der Waals surface area (Å²) >= 11 is 5.68. The molecule has 2 heterocycles. The van der Waals surface area contributed by atoms with Crippen molar-refractivity contribution in [3.05, 3.63) is 51.2 Å². The summed E-state index contributed by atoms with van der Waals surface area (Å²) in [5.41, 5.74) is 0.285. The Balaban J connectivity index is 2.19. The number of methoxy groups -OCH3 is 1. The second-order valence-electron chi connectivity index (χ2n) is 3.61. The van der Waals surface area contributed by atoms with E-state index in [-0.39, 0.29) is 12.2 Å². The van der Waals surface area contributed by atoms with Crippen LogP contribution in [0.3, 0.4) is 0 Å². The first-order chi connectivity index (χ1) is 8.69. The molecule has 2 aromatic rings. The molecule has 1 N–H and O–H groups in total. The molecule has 2 aromatic heterocycles. The largest absolute Gasteiger partial charge is 0.377 e. The molecule has 0 aliphatic carbocycles. The third-order valence-electron chi connectivity index (χ3n) is 2.23. The van der Waals surface area contributed by atoms with Crippen LogP contribution in [0.2, 0.25) is 5.02 Å². The number of nitrogens with zero attached hydrogens (tertiary/aromatic N) is 3. The van der Waals surface area contributed by atoms with Gasteiger partial charge in [0.25, 0.3) is 5.56 Å². The SMILES string of the molecule is COCc1ncc(Cc2ncc(Cl)cn2)c(=O)[nH]1. The molecule has 18 heavy (non-hydrogen) atoms. The van der Waals surface area contributed by atoms with Crippen LogP contribution in [0.15, 0.2) is 23.4 Å². The van der Waals surface area contributed by atoms with Crippen molar-refractivity contribution in [3.8, 4) is 0 Å². The normalized spacial score (nSPS) is 10.6. The summed E-state index contributed by atoms with van der Waals surface area (Å²) < 4.78 is 4.88. The predicted octanol–water partition coefficient (Wildman–Crippen LogP) is 0.950. The lowest BCUT2D eigenvalue weighted by Crippen LogP contribution is -2.17. The van der Waals surface area contributed by atoms with Crippen molar-refractivity contribution < 1.29 is 4.74 Å². The van der Waals surface area contributed by atoms with Gasteiger partial charge in [0.1, 0.15) is 18.3 Å². The van der Waals surface area contributed by atoms with Crippen molar-refractivity contribution in [2.24, 2.45) is 0 Å². The van der Waals surface area contributed by atoms with Crippen LogP contribution in [0.5, 0.6) is 0 Å². The highest BCUT2D eigenvalue weighted by molar-refractivity contribution is 6.30. The summed E-state index contributed by atoms with van der Waals surface area (Å²) in [5.74, 6) is 1.01. The summed E-state index contributed by atoms with van der Waals surface area (Å²) in [7, 11) is 1.54. The zero-order valence-electron chi connectivity index (χ0n) is 9.68. The maximum atomic E-state index is 11.8. The molecule has 0 saturated carbocycles. The molecule has 0 aromatic carbocycles. The Kier molecular flexibility index (Phi) is 4.01. The molecule has 0 aliphatic rings. The monoisotopic (exact) mass is 266 g/mol. The van der Waals surface area contributed by atoms with E-state index in [9.17, 15) is 4.79 Å². The third-order valence-corrected chi connectivity index (χ3v) is 2.42. The van der Waals surface area contributed by atoms with Crippen LogP contribution in [-0.2, 0) is 17.8 Å². The van der Waals surface area contributed by atoms with Gasteiger partial charge in [0.05, 0.1) is 5.02 Å². The first-order valence-corrected chi connectivity index (χ1v) is 5.59. The van der Waals surface area contributed by atoms with Crippen LogP contribution >= 0.6 is 11.6 Å². The molecule has 0 atom stereocenters. The van der Waals surface area contributed by atoms with E-state index in [1.54, 1.807) is 0 Å². The molecule has 6 nitrogen and oxygen atoms in total. The lowest BCUT2D eigenvalue weighted by atomic mass is 10.2. The Hall–Kier alpha value is -1.79. The van der Waals surface area contributed by atoms with Crippen LogP contribution in [0.1, 0.15) is 17.2 Å². The fraction of sp³-hybridized carbons (Fsp3) is 0.273. The second kappa shape index (κ2) is 5.70. The molecule has 0 radical (unpaired) electrons. The van der Waals surface area contributed by atoms with E-state index in [1.165, 1.54) is 25.7 Å². The van der Waals surface area contributed by atoms with E-state index in [1.807, 2.05) is 0 Å². The number of rotatable bonds is 4. The summed E-state index contributed by atoms with van der Waals surface area (Å²) in [6.07, 6.45) is 4.80. The molecule has 0 saturated heterocycles. The molecule has 2 rings (SSSR count). The van der Waals surface area contributed by atoms with Gasteiger partial charge in [-0.2, -0.15) is 0 Å². The molecule has 0 amide bonds. The number of aromatic amines is 1. The van der Waals surface area contributed by atoms with Gasteiger partial charge in [-0.15, -0.1) is 0 Å². The zero-order valence-corrected chi connectivity index (χ0v) is 10.4. The van der Waals surface area contributed by atoms with Gasteiger partial charge in [0.2, 0.25) is 0 Å². The van der Waals surface area contributed by atoms with E-state index < -0.39 is 0 Å². The molecule has 0 aliphatic heterocycles. The summed E-state index contributed by atoms with van der Waals surface area (Å²) in [5, 5.41) is 0.459. The lowest BCUT2D eigenvalue weighted by Gasteiger charge is -2.02. The fourth-order valence-corrected chi connectivity index (χ4v) is 1.49. The first kappa shape index (κ1) is 12.7. The average Bonchev–Trinajstić information content (AvgIpc) is 2.36. The van der Waals surface area contributed by atoms with Gasteiger partial charge >= 0.3 is 0 Å². The van der Waals surface area contributed by atoms with Gasteiger partial charge in [0.15, 0.2) is 0 Å². The topological polar surface area (TPSA) is 80.8 Å². The standard InChI is InChI=1S/C11H11ClN4O2/c1-18-6-10-13-3-7(11(17)16-10)2-9-14-4-8(12)5-15-9/h3-5H,2,6H2,1H3,(H,13,16,17). The lowest BCUT2D eigenvalue weighted by molar-refractivity contribution is 0.177. The highest BCUT2D eigenvalue weighted by Gasteiger charge is 2.06. The highest BCUT2D eigenvalue weighted by atomic mass is 35.5. The first-order valence-electron chi connectivity index (χ1n) is 5.21. The smallest absolute Gasteiger partial charge is 0.254 e. The average molecular weight is 267 g/mol. The van der Waals surface area contributed by atoms with Gasteiger partial charge in [-0.1, -0.05) is 11.6 Å². The van der Waals surface area contributed by atoms with Crippen molar-refractivity contribution >= 4 is 11.6 Å². The zero-order chi connectivity index (χ0) is 13.0. The van der Waals surface area contributed by atoms with Gasteiger partial charge < -0.3 is 9.72 Å². The summed E-state index contributed by atoms with van der Waals surface area (Å²) in [4.78, 5) is 26.5. The van der Waals surface area contributed by atoms with E-state index in [4.69, 9.17) is 16.3 Å². The van der Waals surface area contributed by atoms with Crippen molar-refractivity contribution in [2.75, 3.05) is 7.11 Å². The quantitative estimate of drug-likeness (QED) is 0.891. The summed E-state index contributed by atoms with van der Waals surface area (Å²) in [6, 6.07) is 0. The van der Waals surface area contributed by atoms with Crippen LogP contribution in [0.4, 0.5) is 0 Å². The van der Waals surface area contributed by atoms with Crippen molar-refractivity contribution in [2.45, 2.75) is 13.0 Å². The molecule has 94 valence electrons. The maximum absolute atomic E-state index is 11.8. The van der Waals surface area contributed by atoms with Crippen LogP contribution < -0.4 is 5.56 Å². The number of hydrogen-bond acceptors (Lipinski definition) is 5. The summed E-state index contributed by atoms with van der Waals surface area (Å²) in [6.45, 7) is 0.271.